The molecule has 0 N–H and O–H groups in total. The van der Waals surface area contributed by atoms with E-state index in [9.17, 15) is 0 Å². The largest absolute Gasteiger partial charge is 0.143 e. The minimum absolute atomic E-state index is 0.697. The summed E-state index contributed by atoms with van der Waals surface area (Å²) in [6.45, 7) is 0. The van der Waals surface area contributed by atoms with Gasteiger partial charge in [0.1, 0.15) is 0 Å². The average Bonchev–Trinajstić information content (AvgIpc) is 3.38. The molecular formula is C22H14S. The highest BCUT2D eigenvalue weighted by atomic mass is 32.2. The van der Waals surface area contributed by atoms with Gasteiger partial charge in [0, 0.05) is 10.5 Å². The van der Waals surface area contributed by atoms with Crippen molar-refractivity contribution in [2.24, 2.45) is 0 Å². The maximum Gasteiger partial charge on any atom is 0.0463 e. The Hall–Kier alpha value is -2.25. The molecule has 1 heteroatoms. The van der Waals surface area contributed by atoms with E-state index in [4.69, 9.17) is 0 Å². The normalized spacial score (nSPS) is 21.6. The lowest BCUT2D eigenvalue weighted by molar-refractivity contribution is 1.10. The van der Waals surface area contributed by atoms with Gasteiger partial charge < -0.3 is 0 Å². The van der Waals surface area contributed by atoms with Crippen molar-refractivity contribution >= 4 is 50.2 Å². The summed E-state index contributed by atoms with van der Waals surface area (Å²) in [5.74, 6) is 0. The molecule has 108 valence electrons. The van der Waals surface area contributed by atoms with Crippen LogP contribution in [-0.2, 0) is 0 Å². The lowest BCUT2D eigenvalue weighted by atomic mass is 9.91. The van der Waals surface area contributed by atoms with E-state index in [0.29, 0.717) is 5.25 Å². The van der Waals surface area contributed by atoms with Crippen LogP contribution in [-0.4, -0.2) is 5.25 Å². The quantitative estimate of drug-likeness (QED) is 0.208. The molecule has 4 aromatic rings. The molecule has 2 aliphatic rings. The van der Waals surface area contributed by atoms with Crippen molar-refractivity contribution < 1.29 is 0 Å². The van der Waals surface area contributed by atoms with Crippen LogP contribution in [0.1, 0.15) is 16.4 Å². The first-order valence-electron chi connectivity index (χ1n) is 8.10. The van der Waals surface area contributed by atoms with E-state index in [1.54, 1.807) is 0 Å². The Balaban J connectivity index is 1.74. The summed E-state index contributed by atoms with van der Waals surface area (Å²) in [5.41, 5.74) is 2.93. The van der Waals surface area contributed by atoms with Crippen LogP contribution in [0.2, 0.25) is 0 Å². The highest BCUT2D eigenvalue weighted by molar-refractivity contribution is 8.07. The zero-order chi connectivity index (χ0) is 15.0. The van der Waals surface area contributed by atoms with Gasteiger partial charge in [-0.05, 0) is 67.7 Å². The summed E-state index contributed by atoms with van der Waals surface area (Å²) in [7, 11) is 0. The Morgan fingerprint density at radius 2 is 1.57 bits per heavy atom. The van der Waals surface area contributed by atoms with Gasteiger partial charge in [-0.25, -0.2) is 0 Å². The third kappa shape index (κ3) is 1.69. The molecule has 1 heterocycles. The average molecular weight is 310 g/mol. The Kier molecular flexibility index (Phi) is 2.22. The van der Waals surface area contributed by atoms with E-state index in [1.165, 1.54) is 43.4 Å². The number of thioether (sulfide) groups is 1. The van der Waals surface area contributed by atoms with Gasteiger partial charge in [-0.3, -0.25) is 0 Å². The number of fused-ring (bicyclic) bond motifs is 7. The maximum atomic E-state index is 2.42. The molecule has 1 fully saturated rings. The zero-order valence-corrected chi connectivity index (χ0v) is 13.3. The van der Waals surface area contributed by atoms with E-state index < -0.39 is 0 Å². The SMILES string of the molecule is C1=CC2SC2c2cc3cc4c(ccc5ccccc54)cc3cc21. The summed E-state index contributed by atoms with van der Waals surface area (Å²) in [6.07, 6.45) is 4.67. The van der Waals surface area contributed by atoms with E-state index in [0.717, 1.165) is 5.25 Å². The predicted molar refractivity (Wildman–Crippen MR) is 102 cm³/mol. The Labute approximate surface area is 138 Å². The van der Waals surface area contributed by atoms with Crippen LogP contribution in [0, 0.1) is 0 Å². The minimum Gasteiger partial charge on any atom is -0.143 e. The Bertz CT molecular complexity index is 1150. The molecule has 0 bridgehead atoms. The van der Waals surface area contributed by atoms with Crippen molar-refractivity contribution in [1.82, 2.24) is 0 Å². The van der Waals surface area contributed by atoms with Crippen LogP contribution in [0.15, 0.2) is 66.7 Å². The van der Waals surface area contributed by atoms with Crippen molar-refractivity contribution in [3.63, 3.8) is 0 Å². The molecule has 6 rings (SSSR count). The van der Waals surface area contributed by atoms with E-state index in [1.807, 2.05) is 0 Å². The van der Waals surface area contributed by atoms with Gasteiger partial charge in [-0.1, -0.05) is 48.6 Å². The van der Waals surface area contributed by atoms with Crippen molar-refractivity contribution in [3.8, 4) is 0 Å². The molecule has 0 nitrogen and oxygen atoms in total. The summed E-state index contributed by atoms with van der Waals surface area (Å²) in [4.78, 5) is 0. The molecular weight excluding hydrogens is 296 g/mol. The third-order valence-corrected chi connectivity index (χ3v) is 6.47. The number of benzene rings is 4. The van der Waals surface area contributed by atoms with Crippen LogP contribution < -0.4 is 0 Å². The molecule has 0 aromatic heterocycles. The van der Waals surface area contributed by atoms with Crippen molar-refractivity contribution in [2.45, 2.75) is 10.5 Å². The second-order valence-electron chi connectivity index (χ2n) is 6.57. The minimum atomic E-state index is 0.697. The van der Waals surface area contributed by atoms with E-state index in [-0.39, 0.29) is 0 Å². The van der Waals surface area contributed by atoms with Crippen LogP contribution >= 0.6 is 11.8 Å². The van der Waals surface area contributed by atoms with E-state index in [2.05, 4.69) is 84.6 Å². The van der Waals surface area contributed by atoms with Crippen molar-refractivity contribution in [1.29, 1.82) is 0 Å². The van der Waals surface area contributed by atoms with Crippen LogP contribution in [0.3, 0.4) is 0 Å². The molecule has 0 spiro atoms. The zero-order valence-electron chi connectivity index (χ0n) is 12.5. The lowest BCUT2D eigenvalue weighted by Crippen LogP contribution is -1.95. The number of hydrogen-bond acceptors (Lipinski definition) is 1. The molecule has 2 unspecified atom stereocenters. The van der Waals surface area contributed by atoms with E-state index >= 15 is 0 Å². The third-order valence-electron chi connectivity index (χ3n) is 5.20. The standard InChI is InChI=1S/C22H14S/c1-2-4-18-13(3-1)5-6-14-9-16-10-15-7-8-21-22(23-21)20(15)12-17(16)11-19(14)18/h1-12,21-22H. The van der Waals surface area contributed by atoms with Crippen LogP contribution in [0.4, 0.5) is 0 Å². The van der Waals surface area contributed by atoms with Gasteiger partial charge in [-0.15, -0.1) is 11.8 Å². The highest BCUT2D eigenvalue weighted by Gasteiger charge is 2.40. The topological polar surface area (TPSA) is 0 Å². The number of hydrogen-bond donors (Lipinski definition) is 0. The Morgan fingerprint density at radius 3 is 2.57 bits per heavy atom. The Morgan fingerprint density at radius 1 is 0.696 bits per heavy atom. The van der Waals surface area contributed by atoms with Crippen molar-refractivity contribution in [2.75, 3.05) is 0 Å². The summed E-state index contributed by atoms with van der Waals surface area (Å²) in [5, 5.41) is 9.50. The maximum absolute atomic E-state index is 2.42. The molecule has 0 saturated carbocycles. The number of rotatable bonds is 0. The monoisotopic (exact) mass is 310 g/mol. The van der Waals surface area contributed by atoms with Crippen molar-refractivity contribution in [3.05, 3.63) is 77.9 Å². The van der Waals surface area contributed by atoms with Gasteiger partial charge in [-0.2, -0.15) is 0 Å². The smallest absolute Gasteiger partial charge is 0.0463 e. The first-order chi connectivity index (χ1) is 11.4. The van der Waals surface area contributed by atoms with Gasteiger partial charge in [0.25, 0.3) is 0 Å². The van der Waals surface area contributed by atoms with Gasteiger partial charge in [0.15, 0.2) is 0 Å². The highest BCUT2D eigenvalue weighted by Crippen LogP contribution is 2.59. The fourth-order valence-electron chi connectivity index (χ4n) is 3.95. The second-order valence-corrected chi connectivity index (χ2v) is 7.89. The first-order valence-corrected chi connectivity index (χ1v) is 9.04. The summed E-state index contributed by atoms with van der Waals surface area (Å²) < 4.78 is 0. The lowest BCUT2D eigenvalue weighted by Gasteiger charge is -2.12. The molecule has 1 aliphatic heterocycles. The first kappa shape index (κ1) is 12.2. The predicted octanol–water partition coefficient (Wildman–Crippen LogP) is 6.33. The summed E-state index contributed by atoms with van der Waals surface area (Å²) in [6, 6.07) is 22.7. The summed E-state index contributed by atoms with van der Waals surface area (Å²) >= 11 is 2.07. The molecule has 0 amide bonds. The van der Waals surface area contributed by atoms with Gasteiger partial charge in [0.05, 0.1) is 0 Å². The molecule has 2 atom stereocenters. The van der Waals surface area contributed by atoms with Crippen LogP contribution in [0.5, 0.6) is 0 Å². The molecule has 4 aromatic carbocycles. The second kappa shape index (κ2) is 4.18. The molecule has 1 saturated heterocycles. The molecule has 1 aliphatic carbocycles. The molecule has 23 heavy (non-hydrogen) atoms. The molecule has 0 radical (unpaired) electrons. The fraction of sp³-hybridized carbons (Fsp3) is 0.0909. The van der Waals surface area contributed by atoms with Crippen LogP contribution in [0.25, 0.3) is 38.4 Å². The van der Waals surface area contributed by atoms with Gasteiger partial charge in [0.2, 0.25) is 0 Å². The fourth-order valence-corrected chi connectivity index (χ4v) is 4.96. The van der Waals surface area contributed by atoms with Gasteiger partial charge >= 0.3 is 0 Å².